The van der Waals surface area contributed by atoms with E-state index in [1.807, 2.05) is 26.8 Å². The number of hydrogen-bond acceptors (Lipinski definition) is 4. The summed E-state index contributed by atoms with van der Waals surface area (Å²) in [5.41, 5.74) is -0.499. The molecule has 1 aliphatic heterocycles. The Hall–Kier alpha value is -1.57. The van der Waals surface area contributed by atoms with Gasteiger partial charge in [-0.2, -0.15) is 5.26 Å². The standard InChI is InChI=1S/C14H22N2O3/c1-14(2,3)19-13(18)16-8-4-5-11(10-16)9-12(17)6-7-15/h11H,4-6,8-10H2,1-3H3. The van der Waals surface area contributed by atoms with Gasteiger partial charge in [-0.25, -0.2) is 4.79 Å². The predicted molar refractivity (Wildman–Crippen MR) is 70.4 cm³/mol. The van der Waals surface area contributed by atoms with Gasteiger partial charge in [-0.3, -0.25) is 4.79 Å². The summed E-state index contributed by atoms with van der Waals surface area (Å²) in [5.74, 6) is 0.112. The molecule has 1 aliphatic rings. The van der Waals surface area contributed by atoms with Gasteiger partial charge < -0.3 is 9.64 Å². The van der Waals surface area contributed by atoms with Gasteiger partial charge >= 0.3 is 6.09 Å². The SMILES string of the molecule is CC(C)(C)OC(=O)N1CCCC(CC(=O)CC#N)C1. The number of amides is 1. The number of rotatable bonds is 3. The van der Waals surface area contributed by atoms with Crippen LogP contribution in [0.15, 0.2) is 0 Å². The fourth-order valence-electron chi connectivity index (χ4n) is 2.21. The van der Waals surface area contributed by atoms with Crippen LogP contribution in [-0.2, 0) is 9.53 Å². The maximum absolute atomic E-state index is 11.9. The van der Waals surface area contributed by atoms with E-state index in [-0.39, 0.29) is 24.2 Å². The Kier molecular flexibility index (Phi) is 5.34. The molecular weight excluding hydrogens is 244 g/mol. The third-order valence-corrected chi connectivity index (χ3v) is 2.96. The quantitative estimate of drug-likeness (QED) is 0.787. The molecule has 5 heteroatoms. The first-order valence-corrected chi connectivity index (χ1v) is 6.68. The average molecular weight is 266 g/mol. The maximum Gasteiger partial charge on any atom is 0.410 e. The third-order valence-electron chi connectivity index (χ3n) is 2.96. The Labute approximate surface area is 114 Å². The van der Waals surface area contributed by atoms with Crippen molar-refractivity contribution in [3.05, 3.63) is 0 Å². The Morgan fingerprint density at radius 1 is 1.42 bits per heavy atom. The molecule has 19 heavy (non-hydrogen) atoms. The second-order valence-electron chi connectivity index (χ2n) is 6.01. The predicted octanol–water partition coefficient (Wildman–Crippen LogP) is 2.51. The van der Waals surface area contributed by atoms with Gasteiger partial charge in [0.15, 0.2) is 0 Å². The number of ether oxygens (including phenoxy) is 1. The number of piperidine rings is 1. The lowest BCUT2D eigenvalue weighted by molar-refractivity contribution is -0.119. The van der Waals surface area contributed by atoms with Crippen LogP contribution in [0.1, 0.15) is 46.5 Å². The summed E-state index contributed by atoms with van der Waals surface area (Å²) >= 11 is 0. The highest BCUT2D eigenvalue weighted by atomic mass is 16.6. The Bertz CT molecular complexity index is 379. The molecule has 1 unspecified atom stereocenters. The van der Waals surface area contributed by atoms with Crippen molar-refractivity contribution >= 4 is 11.9 Å². The molecule has 1 heterocycles. The molecule has 0 bridgehead atoms. The van der Waals surface area contributed by atoms with Crippen molar-refractivity contribution in [3.63, 3.8) is 0 Å². The summed E-state index contributed by atoms with van der Waals surface area (Å²) in [4.78, 5) is 25.1. The fraction of sp³-hybridized carbons (Fsp3) is 0.786. The lowest BCUT2D eigenvalue weighted by Gasteiger charge is -2.33. The zero-order chi connectivity index (χ0) is 14.5. The third kappa shape index (κ3) is 5.73. The number of ketones is 1. The molecule has 1 saturated heterocycles. The molecule has 0 aromatic rings. The lowest BCUT2D eigenvalue weighted by atomic mass is 9.92. The second-order valence-corrected chi connectivity index (χ2v) is 6.01. The van der Waals surface area contributed by atoms with Crippen molar-refractivity contribution in [2.24, 2.45) is 5.92 Å². The topological polar surface area (TPSA) is 70.4 Å². The molecule has 0 aromatic carbocycles. The molecule has 0 aromatic heterocycles. The highest BCUT2D eigenvalue weighted by Crippen LogP contribution is 2.22. The van der Waals surface area contributed by atoms with E-state index in [2.05, 4.69) is 0 Å². The zero-order valence-corrected chi connectivity index (χ0v) is 11.9. The minimum atomic E-state index is -0.499. The largest absolute Gasteiger partial charge is 0.444 e. The Morgan fingerprint density at radius 3 is 2.68 bits per heavy atom. The van der Waals surface area contributed by atoms with Crippen LogP contribution in [0.25, 0.3) is 0 Å². The zero-order valence-electron chi connectivity index (χ0n) is 11.9. The monoisotopic (exact) mass is 266 g/mol. The molecule has 0 spiro atoms. The smallest absolute Gasteiger partial charge is 0.410 e. The number of carbonyl (C=O) groups is 2. The van der Waals surface area contributed by atoms with E-state index in [0.717, 1.165) is 12.8 Å². The number of nitrogens with zero attached hydrogens (tertiary/aromatic N) is 2. The molecule has 0 saturated carbocycles. The van der Waals surface area contributed by atoms with Crippen molar-refractivity contribution in [2.45, 2.75) is 52.1 Å². The van der Waals surface area contributed by atoms with E-state index in [1.54, 1.807) is 4.90 Å². The lowest BCUT2D eigenvalue weighted by Crippen LogP contribution is -2.43. The van der Waals surface area contributed by atoms with Crippen molar-refractivity contribution < 1.29 is 14.3 Å². The van der Waals surface area contributed by atoms with Crippen LogP contribution >= 0.6 is 0 Å². The summed E-state index contributed by atoms with van der Waals surface area (Å²) in [5, 5.41) is 8.48. The van der Waals surface area contributed by atoms with Gasteiger partial charge in [-0.15, -0.1) is 0 Å². The van der Waals surface area contributed by atoms with Gasteiger partial charge in [0.25, 0.3) is 0 Å². The average Bonchev–Trinajstić information content (AvgIpc) is 2.27. The first kappa shape index (κ1) is 15.5. The van der Waals surface area contributed by atoms with E-state index in [0.29, 0.717) is 19.5 Å². The molecule has 1 atom stereocenters. The van der Waals surface area contributed by atoms with Crippen LogP contribution in [0, 0.1) is 17.2 Å². The summed E-state index contributed by atoms with van der Waals surface area (Å²) in [6.45, 7) is 6.73. The highest BCUT2D eigenvalue weighted by Gasteiger charge is 2.28. The van der Waals surface area contributed by atoms with E-state index >= 15 is 0 Å². The summed E-state index contributed by atoms with van der Waals surface area (Å²) in [7, 11) is 0. The molecule has 0 radical (unpaired) electrons. The van der Waals surface area contributed by atoms with E-state index in [9.17, 15) is 9.59 Å². The van der Waals surface area contributed by atoms with Gasteiger partial charge in [0.2, 0.25) is 0 Å². The minimum absolute atomic E-state index is 0.0388. The maximum atomic E-state index is 11.9. The highest BCUT2D eigenvalue weighted by molar-refractivity contribution is 5.80. The summed E-state index contributed by atoms with van der Waals surface area (Å²) < 4.78 is 5.33. The molecule has 1 fully saturated rings. The Morgan fingerprint density at radius 2 is 2.11 bits per heavy atom. The molecular formula is C14H22N2O3. The minimum Gasteiger partial charge on any atom is -0.444 e. The van der Waals surface area contributed by atoms with Gasteiger partial charge in [0.05, 0.1) is 12.5 Å². The summed E-state index contributed by atoms with van der Waals surface area (Å²) in [6.07, 6.45) is 1.83. The Balaban J connectivity index is 2.48. The number of hydrogen-bond donors (Lipinski definition) is 0. The van der Waals surface area contributed by atoms with Crippen LogP contribution in [0.2, 0.25) is 0 Å². The van der Waals surface area contributed by atoms with Gasteiger partial charge in [0, 0.05) is 19.5 Å². The summed E-state index contributed by atoms with van der Waals surface area (Å²) in [6, 6.07) is 1.87. The first-order valence-electron chi connectivity index (χ1n) is 6.68. The van der Waals surface area contributed by atoms with Gasteiger partial charge in [0.1, 0.15) is 11.4 Å². The first-order chi connectivity index (χ1) is 8.81. The van der Waals surface area contributed by atoms with Crippen LogP contribution in [0.4, 0.5) is 4.79 Å². The van der Waals surface area contributed by atoms with Crippen LogP contribution < -0.4 is 0 Å². The van der Waals surface area contributed by atoms with Crippen molar-refractivity contribution in [2.75, 3.05) is 13.1 Å². The molecule has 5 nitrogen and oxygen atoms in total. The number of nitriles is 1. The van der Waals surface area contributed by atoms with Crippen LogP contribution in [0.5, 0.6) is 0 Å². The number of likely N-dealkylation sites (tertiary alicyclic amines) is 1. The molecule has 1 amide bonds. The normalized spacial score (nSPS) is 19.7. The number of Topliss-reactive ketones (excluding diaryl/α,β-unsaturated/α-hetero) is 1. The van der Waals surface area contributed by atoms with Crippen molar-refractivity contribution in [1.82, 2.24) is 4.90 Å². The molecule has 0 aliphatic carbocycles. The van der Waals surface area contributed by atoms with Gasteiger partial charge in [-0.05, 0) is 39.5 Å². The number of carbonyl (C=O) groups excluding carboxylic acids is 2. The second kappa shape index (κ2) is 6.55. The fourth-order valence-corrected chi connectivity index (χ4v) is 2.21. The van der Waals surface area contributed by atoms with Gasteiger partial charge in [-0.1, -0.05) is 0 Å². The van der Waals surface area contributed by atoms with Crippen molar-refractivity contribution in [3.8, 4) is 6.07 Å². The van der Waals surface area contributed by atoms with Crippen LogP contribution in [-0.4, -0.2) is 35.5 Å². The van der Waals surface area contributed by atoms with Crippen LogP contribution in [0.3, 0.4) is 0 Å². The van der Waals surface area contributed by atoms with Crippen molar-refractivity contribution in [1.29, 1.82) is 5.26 Å². The van der Waals surface area contributed by atoms with E-state index in [4.69, 9.17) is 10.00 Å². The molecule has 0 N–H and O–H groups in total. The molecule has 106 valence electrons. The van der Waals surface area contributed by atoms with E-state index < -0.39 is 5.60 Å². The van der Waals surface area contributed by atoms with E-state index in [1.165, 1.54) is 0 Å². The molecule has 1 rings (SSSR count).